The lowest BCUT2D eigenvalue weighted by Crippen LogP contribution is -2.31. The number of rotatable bonds is 16. The quantitative estimate of drug-likeness (QED) is 0.107. The van der Waals surface area contributed by atoms with Crippen LogP contribution in [0, 0.1) is 0 Å². The van der Waals surface area contributed by atoms with Crippen LogP contribution in [-0.2, 0) is 17.5 Å². The molecule has 1 heterocycles. The molecule has 0 aliphatic heterocycles. The van der Waals surface area contributed by atoms with Gasteiger partial charge in [0.1, 0.15) is 5.75 Å². The molecular formula is C36H37ClF3N5O2. The third-order valence-electron chi connectivity index (χ3n) is 7.95. The van der Waals surface area contributed by atoms with Crippen LogP contribution in [0.3, 0.4) is 0 Å². The molecule has 1 unspecified atom stereocenters. The van der Waals surface area contributed by atoms with Gasteiger partial charge in [0.25, 0.3) is 0 Å². The van der Waals surface area contributed by atoms with Crippen molar-refractivity contribution >= 4 is 11.6 Å². The molecule has 0 aliphatic carbocycles. The summed E-state index contributed by atoms with van der Waals surface area (Å²) in [6.07, 6.45) is -3.91. The van der Waals surface area contributed by atoms with Gasteiger partial charge in [0.05, 0.1) is 29.7 Å². The largest absolute Gasteiger partial charge is 0.494 e. The minimum absolute atomic E-state index is 0.00701. The molecule has 0 fully saturated rings. The van der Waals surface area contributed by atoms with E-state index in [4.69, 9.17) is 21.1 Å². The molecule has 47 heavy (non-hydrogen) atoms. The van der Waals surface area contributed by atoms with Crippen molar-refractivity contribution in [1.29, 1.82) is 0 Å². The first-order chi connectivity index (χ1) is 22.8. The molecule has 246 valence electrons. The fourth-order valence-electron chi connectivity index (χ4n) is 5.61. The van der Waals surface area contributed by atoms with Crippen LogP contribution in [0.1, 0.15) is 58.8 Å². The van der Waals surface area contributed by atoms with E-state index in [1.54, 1.807) is 6.07 Å². The Morgan fingerprint density at radius 3 is 2.17 bits per heavy atom. The molecule has 0 saturated carbocycles. The number of aromatic nitrogens is 4. The highest BCUT2D eigenvalue weighted by Gasteiger charge is 2.34. The first kappa shape index (κ1) is 34.1. The Bertz CT molecular complexity index is 1620. The van der Waals surface area contributed by atoms with E-state index >= 15 is 0 Å². The van der Waals surface area contributed by atoms with E-state index in [2.05, 4.69) is 49.8 Å². The van der Waals surface area contributed by atoms with Crippen LogP contribution in [-0.4, -0.2) is 58.4 Å². The Morgan fingerprint density at radius 2 is 1.53 bits per heavy atom. The van der Waals surface area contributed by atoms with Gasteiger partial charge in [-0.3, -0.25) is 4.90 Å². The fourth-order valence-corrected chi connectivity index (χ4v) is 5.90. The second-order valence-corrected chi connectivity index (χ2v) is 11.5. The smallest absolute Gasteiger partial charge is 0.417 e. The van der Waals surface area contributed by atoms with E-state index < -0.39 is 11.7 Å². The lowest BCUT2D eigenvalue weighted by atomic mass is 9.90. The zero-order valence-corrected chi connectivity index (χ0v) is 26.8. The van der Waals surface area contributed by atoms with E-state index in [1.807, 2.05) is 67.6 Å². The molecule has 4 aromatic carbocycles. The van der Waals surface area contributed by atoms with Crippen LogP contribution in [0.5, 0.6) is 5.75 Å². The summed E-state index contributed by atoms with van der Waals surface area (Å²) in [4.78, 5) is 2.15. The summed E-state index contributed by atoms with van der Waals surface area (Å²) in [5.41, 5.74) is 2.79. The molecule has 0 amide bonds. The fraction of sp³-hybridized carbons (Fsp3) is 0.306. The predicted octanol–water partition coefficient (Wildman–Crippen LogP) is 8.14. The van der Waals surface area contributed by atoms with Crippen LogP contribution >= 0.6 is 11.6 Å². The molecule has 5 rings (SSSR count). The van der Waals surface area contributed by atoms with E-state index in [9.17, 15) is 13.2 Å². The minimum atomic E-state index is -4.54. The lowest BCUT2D eigenvalue weighted by Gasteiger charge is -2.29. The highest BCUT2D eigenvalue weighted by molar-refractivity contribution is 6.32. The first-order valence-corrected chi connectivity index (χ1v) is 15.9. The molecule has 0 bridgehead atoms. The Labute approximate surface area is 277 Å². The highest BCUT2D eigenvalue weighted by atomic mass is 35.5. The van der Waals surface area contributed by atoms with Crippen LogP contribution in [0.15, 0.2) is 103 Å². The van der Waals surface area contributed by atoms with Gasteiger partial charge in [-0.2, -0.15) is 13.2 Å². The molecule has 7 nitrogen and oxygen atoms in total. The van der Waals surface area contributed by atoms with Gasteiger partial charge in [0.2, 0.25) is 0 Å². The maximum atomic E-state index is 13.7. The van der Waals surface area contributed by atoms with E-state index in [1.165, 1.54) is 6.07 Å². The molecule has 11 heteroatoms. The van der Waals surface area contributed by atoms with E-state index in [0.29, 0.717) is 56.5 Å². The Hall–Kier alpha value is -4.25. The number of alkyl halides is 3. The predicted molar refractivity (Wildman–Crippen MR) is 176 cm³/mol. The molecule has 1 aromatic heterocycles. The Balaban J connectivity index is 1.33. The zero-order chi connectivity index (χ0) is 33.1. The maximum absolute atomic E-state index is 13.7. The van der Waals surface area contributed by atoms with Crippen LogP contribution in [0.25, 0.3) is 0 Å². The van der Waals surface area contributed by atoms with Crippen molar-refractivity contribution in [2.75, 3.05) is 32.9 Å². The average molecular weight is 664 g/mol. The third kappa shape index (κ3) is 9.41. The summed E-state index contributed by atoms with van der Waals surface area (Å²) in [6, 6.07) is 32.1. The first-order valence-electron chi connectivity index (χ1n) is 15.5. The number of benzene rings is 4. The van der Waals surface area contributed by atoms with Crippen molar-refractivity contribution in [3.8, 4) is 5.75 Å². The number of H-pyrrole nitrogens is 1. The number of hydrogen-bond donors (Lipinski definition) is 1. The van der Waals surface area contributed by atoms with Gasteiger partial charge >= 0.3 is 6.18 Å². The molecule has 0 saturated heterocycles. The lowest BCUT2D eigenvalue weighted by molar-refractivity contribution is -0.137. The highest BCUT2D eigenvalue weighted by Crippen LogP contribution is 2.37. The molecule has 0 spiro atoms. The SMILES string of the molecule is CCOCC(c1cccc(OCCCN(Cc2cccc(C(F)(F)F)c2Cl)CC(c2ccccc2)c2ccccc2)c1)c1nnn[nH]1. The van der Waals surface area contributed by atoms with Crippen molar-refractivity contribution < 1.29 is 22.6 Å². The van der Waals surface area contributed by atoms with Crippen LogP contribution < -0.4 is 4.74 Å². The molecule has 0 aliphatic rings. The molecular weight excluding hydrogens is 627 g/mol. The number of hydrogen-bond acceptors (Lipinski definition) is 6. The van der Waals surface area contributed by atoms with Gasteiger partial charge in [-0.15, -0.1) is 5.10 Å². The zero-order valence-electron chi connectivity index (χ0n) is 26.0. The number of nitrogens with zero attached hydrogens (tertiary/aromatic N) is 4. The second-order valence-electron chi connectivity index (χ2n) is 11.2. The molecule has 1 N–H and O–H groups in total. The number of nitrogens with one attached hydrogen (secondary N) is 1. The number of tetrazole rings is 1. The summed E-state index contributed by atoms with van der Waals surface area (Å²) >= 11 is 6.36. The third-order valence-corrected chi connectivity index (χ3v) is 8.40. The normalized spacial score (nSPS) is 12.5. The van der Waals surface area contributed by atoms with Crippen molar-refractivity contribution in [3.63, 3.8) is 0 Å². The monoisotopic (exact) mass is 663 g/mol. The minimum Gasteiger partial charge on any atom is -0.494 e. The summed E-state index contributed by atoms with van der Waals surface area (Å²) in [7, 11) is 0. The van der Waals surface area contributed by atoms with Gasteiger partial charge in [-0.25, -0.2) is 5.10 Å². The summed E-state index contributed by atoms with van der Waals surface area (Å²) < 4.78 is 53.0. The van der Waals surface area contributed by atoms with Crippen molar-refractivity contribution in [3.05, 3.63) is 142 Å². The van der Waals surface area contributed by atoms with Gasteiger partial charge < -0.3 is 9.47 Å². The Kier molecular flexibility index (Phi) is 12.0. The Morgan fingerprint density at radius 1 is 0.851 bits per heavy atom. The number of halogens is 4. The van der Waals surface area contributed by atoms with E-state index in [-0.39, 0.29) is 23.4 Å². The van der Waals surface area contributed by atoms with Crippen molar-refractivity contribution in [2.45, 2.75) is 37.9 Å². The summed E-state index contributed by atoms with van der Waals surface area (Å²) in [5, 5.41) is 14.1. The van der Waals surface area contributed by atoms with Crippen LogP contribution in [0.4, 0.5) is 13.2 Å². The van der Waals surface area contributed by atoms with Gasteiger partial charge in [0.15, 0.2) is 5.82 Å². The number of aromatic amines is 1. The molecule has 5 aromatic rings. The maximum Gasteiger partial charge on any atom is 0.417 e. The van der Waals surface area contributed by atoms with Crippen molar-refractivity contribution in [1.82, 2.24) is 25.5 Å². The van der Waals surface area contributed by atoms with Gasteiger partial charge in [0, 0.05) is 32.2 Å². The summed E-state index contributed by atoms with van der Waals surface area (Å²) in [6.45, 7) is 4.69. The van der Waals surface area contributed by atoms with Gasteiger partial charge in [-0.1, -0.05) is 96.5 Å². The second kappa shape index (κ2) is 16.5. The van der Waals surface area contributed by atoms with Crippen molar-refractivity contribution in [2.24, 2.45) is 0 Å². The number of ether oxygens (including phenoxy) is 2. The average Bonchev–Trinajstić information content (AvgIpc) is 3.62. The van der Waals surface area contributed by atoms with Gasteiger partial charge in [-0.05, 0) is 64.2 Å². The van der Waals surface area contributed by atoms with Crippen LogP contribution in [0.2, 0.25) is 5.02 Å². The molecule has 0 radical (unpaired) electrons. The standard InChI is InChI=1S/C36H37ClF3N5O2/c1-2-46-25-32(35-41-43-44-42-35)28-16-9-18-30(22-28)47-21-11-20-45(23-29-17-10-19-33(34(29)37)36(38,39)40)24-31(26-12-5-3-6-13-26)27-14-7-4-8-15-27/h3-10,12-19,22,31-32H,2,11,20-21,23-25H2,1H3,(H,41,42,43,44). The topological polar surface area (TPSA) is 76.2 Å². The summed E-state index contributed by atoms with van der Waals surface area (Å²) in [5.74, 6) is 1.10. The molecule has 1 atom stereocenters. The van der Waals surface area contributed by atoms with E-state index in [0.717, 1.165) is 22.8 Å².